The summed E-state index contributed by atoms with van der Waals surface area (Å²) in [7, 11) is 1.67. The van der Waals surface area contributed by atoms with Crippen LogP contribution in [0.1, 0.15) is 44.7 Å². The minimum atomic E-state index is -0.492. The summed E-state index contributed by atoms with van der Waals surface area (Å²) in [5.41, 5.74) is 3.48. The number of aromatic nitrogens is 2. The van der Waals surface area contributed by atoms with E-state index in [2.05, 4.69) is 21.6 Å². The standard InChI is InChI=1S/C23H32N4O3/c1-15-12-16(2)21(19(13-15)29-6)18-9-10-20(26-25-18)24-17-8-7-11-27(14-17)22(28)30-23(3,4)5/h9-10,12-13,17H,7-8,11,14H2,1-6H3,(H,24,26)/t17-/m1/s1. The summed E-state index contributed by atoms with van der Waals surface area (Å²) in [4.78, 5) is 14.1. The number of methoxy groups -OCH3 is 1. The van der Waals surface area contributed by atoms with E-state index in [1.165, 1.54) is 0 Å². The van der Waals surface area contributed by atoms with Crippen molar-refractivity contribution in [2.75, 3.05) is 25.5 Å². The predicted molar refractivity (Wildman–Crippen MR) is 118 cm³/mol. The van der Waals surface area contributed by atoms with E-state index in [1.54, 1.807) is 12.0 Å². The molecular formula is C23H32N4O3. The number of likely N-dealkylation sites (tertiary alicyclic amines) is 1. The number of piperidine rings is 1. The molecule has 0 bridgehead atoms. The molecule has 162 valence electrons. The quantitative estimate of drug-likeness (QED) is 0.792. The van der Waals surface area contributed by atoms with Gasteiger partial charge in [-0.1, -0.05) is 6.07 Å². The van der Waals surface area contributed by atoms with Gasteiger partial charge in [-0.25, -0.2) is 4.79 Å². The number of ether oxygens (including phenoxy) is 2. The Kier molecular flexibility index (Phi) is 6.48. The fourth-order valence-corrected chi connectivity index (χ4v) is 3.76. The van der Waals surface area contributed by atoms with Crippen LogP contribution >= 0.6 is 0 Å². The first-order valence-corrected chi connectivity index (χ1v) is 10.4. The molecule has 0 aliphatic carbocycles. The molecule has 0 spiro atoms. The molecule has 7 heteroatoms. The number of nitrogens with zero attached hydrogens (tertiary/aromatic N) is 3. The van der Waals surface area contributed by atoms with Crippen molar-refractivity contribution in [3.8, 4) is 17.0 Å². The minimum absolute atomic E-state index is 0.113. The fraction of sp³-hybridized carbons (Fsp3) is 0.522. The lowest BCUT2D eigenvalue weighted by Crippen LogP contribution is -2.47. The summed E-state index contributed by atoms with van der Waals surface area (Å²) < 4.78 is 11.1. The molecule has 1 saturated heterocycles. The number of hydrogen-bond donors (Lipinski definition) is 1. The maximum atomic E-state index is 12.4. The molecule has 0 saturated carbocycles. The number of benzene rings is 1. The van der Waals surface area contributed by atoms with Gasteiger partial charge >= 0.3 is 6.09 Å². The Morgan fingerprint density at radius 3 is 2.60 bits per heavy atom. The maximum absolute atomic E-state index is 12.4. The molecule has 1 aromatic heterocycles. The van der Waals surface area contributed by atoms with E-state index in [0.717, 1.165) is 41.0 Å². The van der Waals surface area contributed by atoms with E-state index < -0.39 is 5.60 Å². The second kappa shape index (κ2) is 8.90. The van der Waals surface area contributed by atoms with E-state index in [4.69, 9.17) is 9.47 Å². The number of carbonyl (C=O) groups excluding carboxylic acids is 1. The lowest BCUT2D eigenvalue weighted by atomic mass is 10.0. The molecule has 1 fully saturated rings. The van der Waals surface area contributed by atoms with Crippen molar-refractivity contribution in [3.63, 3.8) is 0 Å². The Bertz CT molecular complexity index is 891. The number of carbonyl (C=O) groups is 1. The van der Waals surface area contributed by atoms with E-state index in [9.17, 15) is 4.79 Å². The molecule has 1 aliphatic heterocycles. The number of hydrogen-bond acceptors (Lipinski definition) is 6. The third-order valence-electron chi connectivity index (χ3n) is 5.01. The van der Waals surface area contributed by atoms with Gasteiger partial charge in [0.1, 0.15) is 17.2 Å². The summed E-state index contributed by atoms with van der Waals surface area (Å²) in [6.45, 7) is 11.0. The fourth-order valence-electron chi connectivity index (χ4n) is 3.76. The molecule has 0 unspecified atom stereocenters. The molecule has 0 radical (unpaired) electrons. The van der Waals surface area contributed by atoms with Crippen molar-refractivity contribution < 1.29 is 14.3 Å². The topological polar surface area (TPSA) is 76.6 Å². The largest absolute Gasteiger partial charge is 0.496 e. The van der Waals surface area contributed by atoms with Gasteiger partial charge in [0.2, 0.25) is 0 Å². The molecule has 1 aliphatic rings. The second-order valence-corrected chi connectivity index (χ2v) is 8.87. The van der Waals surface area contributed by atoms with Gasteiger partial charge in [0.05, 0.1) is 12.8 Å². The summed E-state index contributed by atoms with van der Waals surface area (Å²) in [6, 6.07) is 8.10. The van der Waals surface area contributed by atoms with Crippen LogP contribution in [-0.2, 0) is 4.74 Å². The smallest absolute Gasteiger partial charge is 0.410 e. The number of aryl methyl sites for hydroxylation is 2. The van der Waals surface area contributed by atoms with Crippen LogP contribution < -0.4 is 10.1 Å². The molecule has 1 N–H and O–H groups in total. The summed E-state index contributed by atoms with van der Waals surface area (Å²) >= 11 is 0. The summed E-state index contributed by atoms with van der Waals surface area (Å²) in [5, 5.41) is 12.2. The average molecular weight is 413 g/mol. The van der Waals surface area contributed by atoms with Gasteiger partial charge in [-0.05, 0) is 76.8 Å². The van der Waals surface area contributed by atoms with Crippen molar-refractivity contribution in [3.05, 3.63) is 35.4 Å². The van der Waals surface area contributed by atoms with Crippen molar-refractivity contribution in [1.82, 2.24) is 15.1 Å². The van der Waals surface area contributed by atoms with Crippen LogP contribution in [0.15, 0.2) is 24.3 Å². The van der Waals surface area contributed by atoms with Crippen LogP contribution in [0.3, 0.4) is 0 Å². The van der Waals surface area contributed by atoms with Crippen LogP contribution in [0, 0.1) is 13.8 Å². The monoisotopic (exact) mass is 412 g/mol. The zero-order chi connectivity index (χ0) is 21.9. The van der Waals surface area contributed by atoms with Gasteiger partial charge < -0.3 is 19.7 Å². The third kappa shape index (κ3) is 5.40. The van der Waals surface area contributed by atoms with E-state index in [1.807, 2.05) is 52.8 Å². The van der Waals surface area contributed by atoms with Crippen molar-refractivity contribution in [2.24, 2.45) is 0 Å². The molecule has 1 atom stereocenters. The van der Waals surface area contributed by atoms with Crippen molar-refractivity contribution in [1.29, 1.82) is 0 Å². The molecule has 2 heterocycles. The zero-order valence-corrected chi connectivity index (χ0v) is 18.8. The molecular weight excluding hydrogens is 380 g/mol. The zero-order valence-electron chi connectivity index (χ0n) is 18.8. The first-order valence-electron chi connectivity index (χ1n) is 10.4. The Morgan fingerprint density at radius 2 is 1.97 bits per heavy atom. The highest BCUT2D eigenvalue weighted by atomic mass is 16.6. The molecule has 3 rings (SSSR count). The Morgan fingerprint density at radius 1 is 1.20 bits per heavy atom. The van der Waals surface area contributed by atoms with Crippen molar-refractivity contribution in [2.45, 2.75) is 59.1 Å². The van der Waals surface area contributed by atoms with Crippen LogP contribution in [0.2, 0.25) is 0 Å². The van der Waals surface area contributed by atoms with E-state index in [-0.39, 0.29) is 12.1 Å². The van der Waals surface area contributed by atoms with Crippen LogP contribution in [-0.4, -0.2) is 53.0 Å². The van der Waals surface area contributed by atoms with Gasteiger partial charge in [-0.15, -0.1) is 10.2 Å². The average Bonchev–Trinajstić information content (AvgIpc) is 2.67. The normalized spacial score (nSPS) is 16.9. The lowest BCUT2D eigenvalue weighted by molar-refractivity contribution is 0.0206. The lowest BCUT2D eigenvalue weighted by Gasteiger charge is -2.34. The van der Waals surface area contributed by atoms with Gasteiger partial charge in [0.25, 0.3) is 0 Å². The minimum Gasteiger partial charge on any atom is -0.496 e. The third-order valence-corrected chi connectivity index (χ3v) is 5.01. The van der Waals surface area contributed by atoms with Gasteiger partial charge in [-0.3, -0.25) is 0 Å². The molecule has 1 aromatic carbocycles. The van der Waals surface area contributed by atoms with Gasteiger partial charge in [0.15, 0.2) is 0 Å². The van der Waals surface area contributed by atoms with Crippen LogP contribution in [0.4, 0.5) is 10.6 Å². The highest BCUT2D eigenvalue weighted by molar-refractivity contribution is 5.72. The number of nitrogens with one attached hydrogen (secondary N) is 1. The van der Waals surface area contributed by atoms with Crippen molar-refractivity contribution >= 4 is 11.9 Å². The Labute approximate surface area is 178 Å². The summed E-state index contributed by atoms with van der Waals surface area (Å²) in [6.07, 6.45) is 1.62. The van der Waals surface area contributed by atoms with Gasteiger partial charge in [0, 0.05) is 24.7 Å². The van der Waals surface area contributed by atoms with E-state index in [0.29, 0.717) is 18.9 Å². The SMILES string of the molecule is COc1cc(C)cc(C)c1-c1ccc(N[C@@H]2CCCN(C(=O)OC(C)(C)C)C2)nn1. The van der Waals surface area contributed by atoms with Crippen LogP contribution in [0.25, 0.3) is 11.3 Å². The molecule has 7 nitrogen and oxygen atoms in total. The number of anilines is 1. The number of amides is 1. The molecule has 30 heavy (non-hydrogen) atoms. The first-order chi connectivity index (χ1) is 14.2. The molecule has 1 amide bonds. The Balaban J connectivity index is 1.68. The van der Waals surface area contributed by atoms with Gasteiger partial charge in [-0.2, -0.15) is 0 Å². The second-order valence-electron chi connectivity index (χ2n) is 8.87. The van der Waals surface area contributed by atoms with E-state index >= 15 is 0 Å². The molecule has 2 aromatic rings. The van der Waals surface area contributed by atoms with Crippen LogP contribution in [0.5, 0.6) is 5.75 Å². The summed E-state index contributed by atoms with van der Waals surface area (Å²) in [5.74, 6) is 1.49. The maximum Gasteiger partial charge on any atom is 0.410 e. The number of rotatable bonds is 4. The first kappa shape index (κ1) is 21.9. The Hall–Kier alpha value is -2.83. The highest BCUT2D eigenvalue weighted by Crippen LogP contribution is 2.33. The predicted octanol–water partition coefficient (Wildman–Crippen LogP) is 4.58. The highest BCUT2D eigenvalue weighted by Gasteiger charge is 2.27.